The third kappa shape index (κ3) is 3.34. The third-order valence-corrected chi connectivity index (χ3v) is 2.73. The van der Waals surface area contributed by atoms with Crippen molar-refractivity contribution in [3.8, 4) is 0 Å². The highest BCUT2D eigenvalue weighted by Crippen LogP contribution is 2.17. The summed E-state index contributed by atoms with van der Waals surface area (Å²) in [5.74, 6) is 0.952. The molecule has 2 rings (SSSR count). The van der Waals surface area contributed by atoms with Crippen LogP contribution < -0.4 is 5.32 Å². The van der Waals surface area contributed by atoms with Crippen LogP contribution in [0.5, 0.6) is 0 Å². The molecule has 0 spiro atoms. The Morgan fingerprint density at radius 3 is 2.72 bits per heavy atom. The van der Waals surface area contributed by atoms with E-state index < -0.39 is 0 Å². The number of rotatable bonds is 5. The molecule has 2 N–H and O–H groups in total. The minimum atomic E-state index is 0.769. The fourth-order valence-electron chi connectivity index (χ4n) is 1.92. The van der Waals surface area contributed by atoms with E-state index in [0.29, 0.717) is 0 Å². The molecule has 0 amide bonds. The van der Waals surface area contributed by atoms with Crippen molar-refractivity contribution in [2.45, 2.75) is 20.0 Å². The number of aromatic nitrogens is 2. The van der Waals surface area contributed by atoms with Crippen molar-refractivity contribution in [3.05, 3.63) is 47.5 Å². The smallest absolute Gasteiger partial charge is 0.103 e. The van der Waals surface area contributed by atoms with Crippen LogP contribution in [0.3, 0.4) is 0 Å². The molecule has 1 heterocycles. The molecule has 0 bridgehead atoms. The Morgan fingerprint density at radius 1 is 1.28 bits per heavy atom. The van der Waals surface area contributed by atoms with Gasteiger partial charge in [-0.05, 0) is 32.6 Å². The Balaban J connectivity index is 2.04. The van der Waals surface area contributed by atoms with Crippen LogP contribution in [0.1, 0.15) is 17.1 Å². The van der Waals surface area contributed by atoms with E-state index in [1.807, 2.05) is 13.1 Å². The highest BCUT2D eigenvalue weighted by molar-refractivity contribution is 5.51. The van der Waals surface area contributed by atoms with Gasteiger partial charge in [0.15, 0.2) is 0 Å². The Kier molecular flexibility index (Phi) is 3.99. The number of imidazole rings is 1. The first-order valence-corrected chi connectivity index (χ1v) is 6.12. The van der Waals surface area contributed by atoms with Gasteiger partial charge in [0.25, 0.3) is 0 Å². The lowest BCUT2D eigenvalue weighted by atomic mass is 10.1. The van der Waals surface area contributed by atoms with E-state index in [0.717, 1.165) is 24.6 Å². The van der Waals surface area contributed by atoms with E-state index in [-0.39, 0.29) is 0 Å². The van der Waals surface area contributed by atoms with Crippen molar-refractivity contribution in [1.29, 1.82) is 0 Å². The molecule has 4 nitrogen and oxygen atoms in total. The Labute approximate surface area is 108 Å². The third-order valence-electron chi connectivity index (χ3n) is 2.73. The fourth-order valence-corrected chi connectivity index (χ4v) is 1.92. The molecule has 0 unspecified atom stereocenters. The van der Waals surface area contributed by atoms with E-state index in [4.69, 9.17) is 0 Å². The van der Waals surface area contributed by atoms with Crippen molar-refractivity contribution in [1.82, 2.24) is 14.9 Å². The zero-order valence-electron chi connectivity index (χ0n) is 11.2. The van der Waals surface area contributed by atoms with Crippen LogP contribution in [0, 0.1) is 6.92 Å². The summed E-state index contributed by atoms with van der Waals surface area (Å²) in [6, 6.07) is 8.40. The van der Waals surface area contributed by atoms with Gasteiger partial charge in [-0.3, -0.25) is 0 Å². The van der Waals surface area contributed by atoms with E-state index >= 15 is 0 Å². The lowest BCUT2D eigenvalue weighted by Crippen LogP contribution is -2.12. The molecule has 0 fully saturated rings. The molecular weight excluding hydrogens is 224 g/mol. The maximum absolute atomic E-state index is 4.20. The van der Waals surface area contributed by atoms with Crippen LogP contribution in [-0.4, -0.2) is 29.0 Å². The number of anilines is 1. The van der Waals surface area contributed by atoms with Crippen LogP contribution in [0.15, 0.2) is 30.5 Å². The molecule has 1 aromatic carbocycles. The minimum absolute atomic E-state index is 0.769. The van der Waals surface area contributed by atoms with E-state index in [1.165, 1.54) is 11.3 Å². The van der Waals surface area contributed by atoms with Gasteiger partial charge >= 0.3 is 0 Å². The summed E-state index contributed by atoms with van der Waals surface area (Å²) in [5, 5.41) is 3.45. The van der Waals surface area contributed by atoms with Gasteiger partial charge in [-0.1, -0.05) is 18.2 Å². The molecule has 0 aliphatic heterocycles. The van der Waals surface area contributed by atoms with Crippen molar-refractivity contribution in [2.24, 2.45) is 0 Å². The summed E-state index contributed by atoms with van der Waals surface area (Å²) >= 11 is 0. The molecule has 4 heteroatoms. The standard InChI is InChI=1S/C14H20N4/c1-11-15-8-13(17-11)9-16-14-7-5-4-6-12(14)10-18(2)3/h4-8,16H,9-10H2,1-3H3,(H,15,17). The second kappa shape index (κ2) is 5.69. The number of hydrogen-bond donors (Lipinski definition) is 2. The van der Waals surface area contributed by atoms with Crippen molar-refractivity contribution >= 4 is 5.69 Å². The predicted molar refractivity (Wildman–Crippen MR) is 74.5 cm³/mol. The van der Waals surface area contributed by atoms with Gasteiger partial charge in [-0.2, -0.15) is 0 Å². The highest BCUT2D eigenvalue weighted by Gasteiger charge is 2.03. The van der Waals surface area contributed by atoms with Gasteiger partial charge in [0.05, 0.1) is 18.4 Å². The van der Waals surface area contributed by atoms with Gasteiger partial charge in [-0.25, -0.2) is 4.98 Å². The van der Waals surface area contributed by atoms with Gasteiger partial charge in [0, 0.05) is 12.2 Å². The average Bonchev–Trinajstić information content (AvgIpc) is 2.73. The van der Waals surface area contributed by atoms with Crippen LogP contribution in [-0.2, 0) is 13.1 Å². The van der Waals surface area contributed by atoms with Gasteiger partial charge in [0.2, 0.25) is 0 Å². The number of nitrogens with zero attached hydrogens (tertiary/aromatic N) is 2. The van der Waals surface area contributed by atoms with Crippen LogP contribution >= 0.6 is 0 Å². The maximum atomic E-state index is 4.20. The largest absolute Gasteiger partial charge is 0.379 e. The molecule has 1 aromatic heterocycles. The molecule has 0 saturated heterocycles. The number of aromatic amines is 1. The first-order chi connectivity index (χ1) is 8.65. The molecule has 2 aromatic rings. The Hall–Kier alpha value is -1.81. The Morgan fingerprint density at radius 2 is 2.06 bits per heavy atom. The molecule has 0 atom stereocenters. The summed E-state index contributed by atoms with van der Waals surface area (Å²) in [7, 11) is 4.16. The normalized spacial score (nSPS) is 10.9. The highest BCUT2D eigenvalue weighted by atomic mass is 15.1. The first kappa shape index (κ1) is 12.6. The van der Waals surface area contributed by atoms with Crippen LogP contribution in [0.2, 0.25) is 0 Å². The number of H-pyrrole nitrogens is 1. The van der Waals surface area contributed by atoms with Crippen molar-refractivity contribution in [3.63, 3.8) is 0 Å². The predicted octanol–water partition coefficient (Wildman–Crippen LogP) is 2.39. The second-order valence-corrected chi connectivity index (χ2v) is 4.74. The molecule has 96 valence electrons. The SMILES string of the molecule is Cc1ncc(CNc2ccccc2CN(C)C)[nH]1. The topological polar surface area (TPSA) is 44.0 Å². The number of para-hydroxylation sites is 1. The molecule has 0 aliphatic rings. The summed E-state index contributed by atoms with van der Waals surface area (Å²) < 4.78 is 0. The minimum Gasteiger partial charge on any atom is -0.379 e. The van der Waals surface area contributed by atoms with Crippen molar-refractivity contribution in [2.75, 3.05) is 19.4 Å². The zero-order chi connectivity index (χ0) is 13.0. The molecule has 0 radical (unpaired) electrons. The maximum Gasteiger partial charge on any atom is 0.103 e. The fraction of sp³-hybridized carbons (Fsp3) is 0.357. The van der Waals surface area contributed by atoms with Gasteiger partial charge < -0.3 is 15.2 Å². The summed E-state index contributed by atoms with van der Waals surface area (Å²) in [5.41, 5.74) is 3.59. The summed E-state index contributed by atoms with van der Waals surface area (Å²) in [6.07, 6.45) is 1.87. The second-order valence-electron chi connectivity index (χ2n) is 4.74. The van der Waals surface area contributed by atoms with Crippen molar-refractivity contribution < 1.29 is 0 Å². The summed E-state index contributed by atoms with van der Waals surface area (Å²) in [4.78, 5) is 9.59. The Bertz CT molecular complexity index is 502. The van der Waals surface area contributed by atoms with Crippen LogP contribution in [0.25, 0.3) is 0 Å². The van der Waals surface area contributed by atoms with Crippen LogP contribution in [0.4, 0.5) is 5.69 Å². The zero-order valence-corrected chi connectivity index (χ0v) is 11.2. The molecule has 18 heavy (non-hydrogen) atoms. The van der Waals surface area contributed by atoms with Gasteiger partial charge in [-0.15, -0.1) is 0 Å². The number of aryl methyl sites for hydroxylation is 1. The van der Waals surface area contributed by atoms with Gasteiger partial charge in [0.1, 0.15) is 5.82 Å². The number of hydrogen-bond acceptors (Lipinski definition) is 3. The molecular formula is C14H20N4. The molecule has 0 aliphatic carbocycles. The average molecular weight is 244 g/mol. The lowest BCUT2D eigenvalue weighted by molar-refractivity contribution is 0.403. The quantitative estimate of drug-likeness (QED) is 0.848. The first-order valence-electron chi connectivity index (χ1n) is 6.12. The number of benzene rings is 1. The van der Waals surface area contributed by atoms with E-state index in [1.54, 1.807) is 0 Å². The monoisotopic (exact) mass is 244 g/mol. The molecule has 0 saturated carbocycles. The number of nitrogens with one attached hydrogen (secondary N) is 2. The lowest BCUT2D eigenvalue weighted by Gasteiger charge is -2.15. The van der Waals surface area contributed by atoms with E-state index in [2.05, 4.69) is 58.5 Å². The summed E-state index contributed by atoms with van der Waals surface area (Å²) in [6.45, 7) is 3.67. The van der Waals surface area contributed by atoms with E-state index in [9.17, 15) is 0 Å².